The summed E-state index contributed by atoms with van der Waals surface area (Å²) < 4.78 is 20.2. The quantitative estimate of drug-likeness (QED) is 0.374. The second kappa shape index (κ2) is 9.08. The van der Waals surface area contributed by atoms with Gasteiger partial charge in [0.1, 0.15) is 11.7 Å². The predicted molar refractivity (Wildman–Crippen MR) is 138 cm³/mol. The van der Waals surface area contributed by atoms with Crippen LogP contribution in [-0.2, 0) is 10.5 Å². The Balaban J connectivity index is 1.45. The van der Waals surface area contributed by atoms with Crippen molar-refractivity contribution < 1.29 is 9.18 Å². The number of carbonyl (C=O) groups excluding carboxylic acids is 1. The first kappa shape index (κ1) is 22.4. The van der Waals surface area contributed by atoms with Gasteiger partial charge in [-0.05, 0) is 55.3 Å². The van der Waals surface area contributed by atoms with Crippen molar-refractivity contribution in [3.05, 3.63) is 94.6 Å². The molecule has 0 spiro atoms. The number of aryl methyl sites for hydroxylation is 1. The first-order chi connectivity index (χ1) is 16.4. The molecule has 5 rings (SSSR count). The fourth-order valence-electron chi connectivity index (χ4n) is 3.92. The van der Waals surface area contributed by atoms with Gasteiger partial charge in [0.05, 0.1) is 17.5 Å². The van der Waals surface area contributed by atoms with Crippen molar-refractivity contribution in [1.82, 2.24) is 9.47 Å². The number of aliphatic imine (C=N–C) groups is 1. The molecule has 170 valence electrons. The largest absolute Gasteiger partial charge is 0.318 e. The van der Waals surface area contributed by atoms with Crippen molar-refractivity contribution in [3.63, 3.8) is 0 Å². The van der Waals surface area contributed by atoms with Gasteiger partial charge in [0, 0.05) is 22.8 Å². The molecule has 1 aromatic heterocycles. The van der Waals surface area contributed by atoms with Crippen LogP contribution in [0, 0.1) is 25.1 Å². The maximum absolute atomic E-state index is 13.8. The van der Waals surface area contributed by atoms with Gasteiger partial charge in [-0.15, -0.1) is 0 Å². The lowest BCUT2D eigenvalue weighted by Gasteiger charge is -2.24. The number of nitrogens with zero attached hydrogens (tertiary/aromatic N) is 4. The molecule has 2 aliphatic heterocycles. The third-order valence-corrected chi connectivity index (χ3v) is 7.37. The van der Waals surface area contributed by atoms with Crippen LogP contribution < -0.4 is 0 Å². The van der Waals surface area contributed by atoms with E-state index in [2.05, 4.69) is 9.39 Å². The smallest absolute Gasteiger partial charge is 0.283 e. The fourth-order valence-corrected chi connectivity index (χ4v) is 5.72. The second-order valence-corrected chi connectivity index (χ2v) is 9.50. The van der Waals surface area contributed by atoms with Gasteiger partial charge in [-0.3, -0.25) is 10.2 Å². The number of amidine groups is 3. The number of carbonyl (C=O) groups is 1. The van der Waals surface area contributed by atoms with E-state index in [1.807, 2.05) is 60.9 Å². The number of thioether (sulfide) groups is 1. The molecule has 3 heterocycles. The van der Waals surface area contributed by atoms with Gasteiger partial charge >= 0.3 is 0 Å². The number of halogens is 1. The van der Waals surface area contributed by atoms with Gasteiger partial charge in [-0.1, -0.05) is 48.2 Å². The van der Waals surface area contributed by atoms with Crippen LogP contribution in [0.25, 0.3) is 11.8 Å². The number of hydrogen-bond donors (Lipinski definition) is 1. The van der Waals surface area contributed by atoms with E-state index in [1.54, 1.807) is 17.0 Å². The fraction of sp³-hybridized carbons (Fsp3) is 0.120. The van der Waals surface area contributed by atoms with Crippen LogP contribution in [0.2, 0.25) is 0 Å². The monoisotopic (exact) mass is 489 g/mol. The van der Waals surface area contributed by atoms with Crippen molar-refractivity contribution >= 4 is 51.9 Å². The lowest BCUT2D eigenvalue weighted by Crippen LogP contribution is -2.41. The van der Waals surface area contributed by atoms with Gasteiger partial charge in [0.15, 0.2) is 5.17 Å². The maximum atomic E-state index is 13.8. The molecule has 0 saturated carbocycles. The van der Waals surface area contributed by atoms with Gasteiger partial charge in [0.25, 0.3) is 5.91 Å². The normalized spacial score (nSPS) is 16.7. The van der Waals surface area contributed by atoms with Gasteiger partial charge in [0.2, 0.25) is 5.17 Å². The van der Waals surface area contributed by atoms with E-state index in [0.29, 0.717) is 21.8 Å². The van der Waals surface area contributed by atoms with Crippen molar-refractivity contribution in [1.29, 1.82) is 5.41 Å². The number of nitrogens with one attached hydrogen (secondary N) is 1. The van der Waals surface area contributed by atoms with E-state index < -0.39 is 5.91 Å². The summed E-state index contributed by atoms with van der Waals surface area (Å²) in [6.45, 7) is 3.83. The Morgan fingerprint density at radius 3 is 2.68 bits per heavy atom. The molecule has 0 fully saturated rings. The molecular formula is C25H20FN5OS2. The van der Waals surface area contributed by atoms with Crippen LogP contribution in [0.15, 0.2) is 75.6 Å². The number of rotatable bonds is 4. The van der Waals surface area contributed by atoms with Crippen molar-refractivity contribution in [3.8, 4) is 5.69 Å². The highest BCUT2D eigenvalue weighted by molar-refractivity contribution is 8.18. The zero-order chi connectivity index (χ0) is 23.8. The molecule has 0 radical (unpaired) electrons. The SMILES string of the molecule is Cc1cc(/C=C2/C(=N)N3C(SCc4ccccc4)=NSC3=NC2=O)c(C)n1-c1cccc(F)c1. The van der Waals surface area contributed by atoms with Crippen LogP contribution in [0.5, 0.6) is 0 Å². The number of benzene rings is 2. The van der Waals surface area contributed by atoms with Crippen molar-refractivity contribution in [2.24, 2.45) is 9.39 Å². The zero-order valence-corrected chi connectivity index (χ0v) is 20.1. The van der Waals surface area contributed by atoms with Gasteiger partial charge in [-0.2, -0.15) is 9.39 Å². The van der Waals surface area contributed by atoms with Crippen molar-refractivity contribution in [2.45, 2.75) is 19.6 Å². The van der Waals surface area contributed by atoms with Crippen LogP contribution in [0.4, 0.5) is 4.39 Å². The predicted octanol–water partition coefficient (Wildman–Crippen LogP) is 5.74. The molecule has 1 amide bonds. The number of amides is 1. The van der Waals surface area contributed by atoms with E-state index in [0.717, 1.165) is 34.5 Å². The van der Waals surface area contributed by atoms with Gasteiger partial charge in [-0.25, -0.2) is 9.29 Å². The third-order valence-electron chi connectivity index (χ3n) is 5.54. The van der Waals surface area contributed by atoms with Crippen LogP contribution >= 0.6 is 23.7 Å². The molecule has 1 N–H and O–H groups in total. The van der Waals surface area contributed by atoms with E-state index >= 15 is 0 Å². The summed E-state index contributed by atoms with van der Waals surface area (Å²) in [5.74, 6) is -0.0416. The van der Waals surface area contributed by atoms with E-state index in [-0.39, 0.29) is 17.2 Å². The summed E-state index contributed by atoms with van der Waals surface area (Å²) in [6, 6.07) is 18.3. The maximum Gasteiger partial charge on any atom is 0.283 e. The first-order valence-electron chi connectivity index (χ1n) is 10.5. The molecule has 6 nitrogen and oxygen atoms in total. The molecule has 2 aromatic carbocycles. The molecule has 0 saturated heterocycles. The Kier molecular flexibility index (Phi) is 5.97. The Bertz CT molecular complexity index is 1410. The minimum absolute atomic E-state index is 0.0508. The average molecular weight is 490 g/mol. The molecule has 2 aliphatic rings. The highest BCUT2D eigenvalue weighted by atomic mass is 32.2. The Hall–Kier alpha value is -3.43. The summed E-state index contributed by atoms with van der Waals surface area (Å²) in [6.07, 6.45) is 1.69. The van der Waals surface area contributed by atoms with Crippen LogP contribution in [-0.4, -0.2) is 31.5 Å². The molecule has 0 aliphatic carbocycles. The molecule has 34 heavy (non-hydrogen) atoms. The third kappa shape index (κ3) is 4.12. The van der Waals surface area contributed by atoms with E-state index in [9.17, 15) is 9.18 Å². The molecule has 0 bridgehead atoms. The molecule has 0 atom stereocenters. The topological polar surface area (TPSA) is 73.8 Å². The summed E-state index contributed by atoms with van der Waals surface area (Å²) in [5, 5.41) is 9.80. The Morgan fingerprint density at radius 1 is 1.12 bits per heavy atom. The van der Waals surface area contributed by atoms with Gasteiger partial charge < -0.3 is 4.57 Å². The standard InChI is InChI=1S/C25H20FN5OS2/c1-15-11-18(16(2)30(15)20-10-6-9-19(26)13-20)12-21-22(27)31-24(28-23(21)32)34-29-25(31)33-14-17-7-4-3-5-8-17/h3-13,27H,14H2,1-2H3/b21-12-,27-22?. The first-order valence-corrected chi connectivity index (χ1v) is 12.3. The van der Waals surface area contributed by atoms with E-state index in [1.165, 1.54) is 23.9 Å². The summed E-state index contributed by atoms with van der Waals surface area (Å²) in [7, 11) is 0. The molecular weight excluding hydrogens is 469 g/mol. The summed E-state index contributed by atoms with van der Waals surface area (Å²) in [5.41, 5.74) is 4.55. The summed E-state index contributed by atoms with van der Waals surface area (Å²) >= 11 is 2.61. The number of aromatic nitrogens is 1. The van der Waals surface area contributed by atoms with Crippen molar-refractivity contribution in [2.75, 3.05) is 0 Å². The van der Waals surface area contributed by atoms with E-state index in [4.69, 9.17) is 5.41 Å². The highest BCUT2D eigenvalue weighted by Crippen LogP contribution is 2.33. The molecule has 9 heteroatoms. The zero-order valence-electron chi connectivity index (χ0n) is 18.4. The highest BCUT2D eigenvalue weighted by Gasteiger charge is 2.37. The minimum atomic E-state index is -0.469. The number of fused-ring (bicyclic) bond motifs is 1. The lowest BCUT2D eigenvalue weighted by molar-refractivity contribution is -0.114. The second-order valence-electron chi connectivity index (χ2n) is 7.82. The molecule has 0 unspecified atom stereocenters. The van der Waals surface area contributed by atoms with Crippen LogP contribution in [0.1, 0.15) is 22.5 Å². The van der Waals surface area contributed by atoms with Crippen LogP contribution in [0.3, 0.4) is 0 Å². The number of hydrogen-bond acceptors (Lipinski definition) is 5. The Morgan fingerprint density at radius 2 is 1.91 bits per heavy atom. The lowest BCUT2D eigenvalue weighted by atomic mass is 10.1. The Labute approximate surface area is 204 Å². The summed E-state index contributed by atoms with van der Waals surface area (Å²) in [4.78, 5) is 18.6. The molecule has 3 aromatic rings. The average Bonchev–Trinajstić information content (AvgIpc) is 3.35. The minimum Gasteiger partial charge on any atom is -0.318 e.